The molecular formula is C13H19N3O2. The molecule has 5 heteroatoms. The first-order valence-corrected chi connectivity index (χ1v) is 6.31. The van der Waals surface area contributed by atoms with Crippen LogP contribution in [0.1, 0.15) is 18.5 Å². The van der Waals surface area contributed by atoms with Gasteiger partial charge in [-0.15, -0.1) is 0 Å². The van der Waals surface area contributed by atoms with E-state index < -0.39 is 0 Å². The monoisotopic (exact) mass is 249 g/mol. The van der Waals surface area contributed by atoms with E-state index in [1.807, 2.05) is 23.1 Å². The predicted molar refractivity (Wildman–Crippen MR) is 67.7 cm³/mol. The molecule has 1 aliphatic rings. The predicted octanol–water partition coefficient (Wildman–Crippen LogP) is 0.548. The van der Waals surface area contributed by atoms with Gasteiger partial charge in [-0.05, 0) is 31.5 Å². The van der Waals surface area contributed by atoms with Gasteiger partial charge in [0.25, 0.3) is 5.91 Å². The second kappa shape index (κ2) is 6.47. The van der Waals surface area contributed by atoms with Gasteiger partial charge < -0.3 is 15.4 Å². The average Bonchev–Trinajstić information content (AvgIpc) is 2.41. The molecule has 0 saturated carbocycles. The van der Waals surface area contributed by atoms with E-state index in [-0.39, 0.29) is 12.0 Å². The Morgan fingerprint density at radius 2 is 2.39 bits per heavy atom. The van der Waals surface area contributed by atoms with Crippen molar-refractivity contribution in [2.75, 3.05) is 19.7 Å². The zero-order chi connectivity index (χ0) is 12.8. The van der Waals surface area contributed by atoms with E-state index in [2.05, 4.69) is 4.98 Å². The van der Waals surface area contributed by atoms with Gasteiger partial charge in [-0.2, -0.15) is 0 Å². The lowest BCUT2D eigenvalue weighted by atomic mass is 10.1. The molecule has 18 heavy (non-hydrogen) atoms. The molecular weight excluding hydrogens is 230 g/mol. The topological polar surface area (TPSA) is 68.5 Å². The summed E-state index contributed by atoms with van der Waals surface area (Å²) in [7, 11) is 0. The second-order valence-corrected chi connectivity index (χ2v) is 4.37. The molecule has 0 aromatic carbocycles. The molecule has 2 N–H and O–H groups in total. The largest absolute Gasteiger partial charge is 0.367 e. The summed E-state index contributed by atoms with van der Waals surface area (Å²) in [6.45, 7) is 2.37. The van der Waals surface area contributed by atoms with Crippen LogP contribution in [0.2, 0.25) is 0 Å². The number of nitrogens with zero attached hydrogens (tertiary/aromatic N) is 2. The van der Waals surface area contributed by atoms with Crippen LogP contribution in [0.5, 0.6) is 0 Å². The first kappa shape index (κ1) is 13.0. The van der Waals surface area contributed by atoms with Crippen LogP contribution >= 0.6 is 0 Å². The van der Waals surface area contributed by atoms with Crippen LogP contribution in [0.25, 0.3) is 0 Å². The van der Waals surface area contributed by atoms with Crippen LogP contribution < -0.4 is 5.73 Å². The van der Waals surface area contributed by atoms with E-state index >= 15 is 0 Å². The number of hydrogen-bond donors (Lipinski definition) is 1. The number of amides is 1. The van der Waals surface area contributed by atoms with Crippen LogP contribution in [-0.2, 0) is 16.1 Å². The van der Waals surface area contributed by atoms with Gasteiger partial charge in [0.15, 0.2) is 0 Å². The Hall–Kier alpha value is -1.46. The summed E-state index contributed by atoms with van der Waals surface area (Å²) >= 11 is 0. The molecule has 0 radical (unpaired) electrons. The van der Waals surface area contributed by atoms with E-state index in [4.69, 9.17) is 10.5 Å². The number of morpholine rings is 1. The third-order valence-electron chi connectivity index (χ3n) is 3.02. The normalized spacial score (nSPS) is 20.2. The Bertz CT molecular complexity index is 383. The Balaban J connectivity index is 1.94. The molecule has 0 aliphatic carbocycles. The molecule has 98 valence electrons. The number of hydrogen-bond acceptors (Lipinski definition) is 4. The second-order valence-electron chi connectivity index (χ2n) is 4.37. The van der Waals surface area contributed by atoms with Crippen molar-refractivity contribution in [2.24, 2.45) is 5.73 Å². The highest BCUT2D eigenvalue weighted by atomic mass is 16.5. The highest BCUT2D eigenvalue weighted by molar-refractivity contribution is 5.81. The number of aromatic nitrogens is 1. The third-order valence-corrected chi connectivity index (χ3v) is 3.02. The quantitative estimate of drug-likeness (QED) is 0.827. The van der Waals surface area contributed by atoms with Crippen LogP contribution in [0.4, 0.5) is 0 Å². The van der Waals surface area contributed by atoms with Crippen molar-refractivity contribution in [1.29, 1.82) is 0 Å². The minimum atomic E-state index is -0.328. The maximum absolute atomic E-state index is 12.2. The third kappa shape index (κ3) is 3.27. The van der Waals surface area contributed by atoms with E-state index in [1.54, 1.807) is 6.20 Å². The molecule has 2 rings (SSSR count). The average molecular weight is 249 g/mol. The van der Waals surface area contributed by atoms with Crippen LogP contribution in [-0.4, -0.2) is 41.6 Å². The number of carbonyl (C=O) groups excluding carboxylic acids is 1. The number of pyridine rings is 1. The molecule has 1 unspecified atom stereocenters. The van der Waals surface area contributed by atoms with E-state index in [0.29, 0.717) is 32.7 Å². The maximum Gasteiger partial charge on any atom is 0.252 e. The van der Waals surface area contributed by atoms with Crippen LogP contribution in [0, 0.1) is 0 Å². The van der Waals surface area contributed by atoms with Crippen LogP contribution in [0.15, 0.2) is 24.4 Å². The summed E-state index contributed by atoms with van der Waals surface area (Å²) in [5.41, 5.74) is 6.37. The maximum atomic E-state index is 12.2. The Morgan fingerprint density at radius 1 is 1.50 bits per heavy atom. The minimum absolute atomic E-state index is 0.0559. The lowest BCUT2D eigenvalue weighted by Crippen LogP contribution is -2.47. The Labute approximate surface area is 107 Å². The first-order chi connectivity index (χ1) is 8.81. The van der Waals surface area contributed by atoms with Crippen molar-refractivity contribution < 1.29 is 9.53 Å². The van der Waals surface area contributed by atoms with Gasteiger partial charge in [-0.1, -0.05) is 6.07 Å². The highest BCUT2D eigenvalue weighted by Gasteiger charge is 2.29. The zero-order valence-electron chi connectivity index (χ0n) is 10.4. The SMILES string of the molecule is NCCCC1OCCN(Cc2ccccn2)C1=O. The lowest BCUT2D eigenvalue weighted by Gasteiger charge is -2.32. The van der Waals surface area contributed by atoms with Gasteiger partial charge in [0.05, 0.1) is 18.8 Å². The minimum Gasteiger partial charge on any atom is -0.367 e. The molecule has 2 heterocycles. The molecule has 1 aliphatic heterocycles. The van der Waals surface area contributed by atoms with Crippen molar-refractivity contribution in [3.8, 4) is 0 Å². The summed E-state index contributed by atoms with van der Waals surface area (Å²) < 4.78 is 5.49. The Morgan fingerprint density at radius 3 is 3.11 bits per heavy atom. The summed E-state index contributed by atoms with van der Waals surface area (Å²) in [5, 5.41) is 0. The van der Waals surface area contributed by atoms with Gasteiger partial charge in [0.2, 0.25) is 0 Å². The summed E-state index contributed by atoms with van der Waals surface area (Å²) in [4.78, 5) is 18.2. The molecule has 1 atom stereocenters. The van der Waals surface area contributed by atoms with Crippen LogP contribution in [0.3, 0.4) is 0 Å². The molecule has 5 nitrogen and oxygen atoms in total. The van der Waals surface area contributed by atoms with E-state index in [1.165, 1.54) is 0 Å². The van der Waals surface area contributed by atoms with Gasteiger partial charge in [0.1, 0.15) is 6.10 Å². The summed E-state index contributed by atoms with van der Waals surface area (Å²) in [6, 6.07) is 5.73. The van der Waals surface area contributed by atoms with Gasteiger partial charge in [-0.25, -0.2) is 0 Å². The standard InChI is InChI=1S/C13H19N3O2/c14-6-3-5-12-13(17)16(8-9-18-12)10-11-4-1-2-7-15-11/h1-2,4,7,12H,3,5-6,8-10,14H2. The molecule has 1 amide bonds. The molecule has 0 bridgehead atoms. The number of carbonyl (C=O) groups is 1. The van der Waals surface area contributed by atoms with Crippen molar-refractivity contribution in [1.82, 2.24) is 9.88 Å². The fourth-order valence-electron chi connectivity index (χ4n) is 2.04. The van der Waals surface area contributed by atoms with Crippen molar-refractivity contribution in [3.63, 3.8) is 0 Å². The number of ether oxygens (including phenoxy) is 1. The smallest absolute Gasteiger partial charge is 0.252 e. The van der Waals surface area contributed by atoms with Gasteiger partial charge >= 0.3 is 0 Å². The molecule has 1 saturated heterocycles. The van der Waals surface area contributed by atoms with Crippen molar-refractivity contribution in [2.45, 2.75) is 25.5 Å². The summed E-state index contributed by atoms with van der Waals surface area (Å²) in [6.07, 6.45) is 2.93. The lowest BCUT2D eigenvalue weighted by molar-refractivity contribution is -0.154. The Kier molecular flexibility index (Phi) is 4.66. The molecule has 0 spiro atoms. The summed E-state index contributed by atoms with van der Waals surface area (Å²) in [5.74, 6) is 0.0559. The fourth-order valence-corrected chi connectivity index (χ4v) is 2.04. The highest BCUT2D eigenvalue weighted by Crippen LogP contribution is 2.14. The molecule has 1 aromatic rings. The zero-order valence-corrected chi connectivity index (χ0v) is 10.4. The molecule has 1 fully saturated rings. The van der Waals surface area contributed by atoms with Gasteiger partial charge in [-0.3, -0.25) is 9.78 Å². The number of rotatable bonds is 5. The molecule has 1 aromatic heterocycles. The van der Waals surface area contributed by atoms with E-state index in [0.717, 1.165) is 12.1 Å². The van der Waals surface area contributed by atoms with Crippen molar-refractivity contribution in [3.05, 3.63) is 30.1 Å². The van der Waals surface area contributed by atoms with Crippen molar-refractivity contribution >= 4 is 5.91 Å². The first-order valence-electron chi connectivity index (χ1n) is 6.31. The number of nitrogens with two attached hydrogens (primary N) is 1. The van der Waals surface area contributed by atoms with E-state index in [9.17, 15) is 4.79 Å². The fraction of sp³-hybridized carbons (Fsp3) is 0.538. The van der Waals surface area contributed by atoms with Gasteiger partial charge in [0, 0.05) is 12.7 Å².